The number of rotatable bonds is 6. The molecule has 0 aliphatic carbocycles. The van der Waals surface area contributed by atoms with E-state index < -0.39 is 10.0 Å². The summed E-state index contributed by atoms with van der Waals surface area (Å²) in [5.41, 5.74) is 0.631. The van der Waals surface area contributed by atoms with Crippen LogP contribution in [0.5, 0.6) is 5.75 Å². The van der Waals surface area contributed by atoms with Gasteiger partial charge in [-0.25, -0.2) is 8.42 Å². The van der Waals surface area contributed by atoms with E-state index in [0.29, 0.717) is 40.3 Å². The van der Waals surface area contributed by atoms with Gasteiger partial charge in [-0.15, -0.1) is 0 Å². The van der Waals surface area contributed by atoms with Gasteiger partial charge in [0.1, 0.15) is 5.75 Å². The lowest BCUT2D eigenvalue weighted by Gasteiger charge is -2.28. The van der Waals surface area contributed by atoms with Gasteiger partial charge in [-0.2, -0.15) is 4.98 Å². The molecule has 2 heterocycles. The minimum absolute atomic E-state index is 0.0317. The van der Waals surface area contributed by atoms with Gasteiger partial charge in [-0.05, 0) is 36.4 Å². The predicted octanol–water partition coefficient (Wildman–Crippen LogP) is 3.01. The van der Waals surface area contributed by atoms with E-state index in [0.717, 1.165) is 0 Å². The molecule has 1 aliphatic heterocycles. The molecular formula is C19H17ClN4O5S. The minimum Gasteiger partial charge on any atom is -0.482 e. The second-order valence-corrected chi connectivity index (χ2v) is 8.59. The Morgan fingerprint density at radius 2 is 2.07 bits per heavy atom. The van der Waals surface area contributed by atoms with Crippen molar-refractivity contribution < 1.29 is 22.5 Å². The molecule has 1 N–H and O–H groups in total. The molecule has 0 atom stereocenters. The summed E-state index contributed by atoms with van der Waals surface area (Å²) in [6.07, 6.45) is 0.568. The fourth-order valence-electron chi connectivity index (χ4n) is 2.93. The van der Waals surface area contributed by atoms with Crippen LogP contribution >= 0.6 is 11.6 Å². The van der Waals surface area contributed by atoms with Crippen LogP contribution in [0.4, 0.5) is 11.4 Å². The molecule has 1 aromatic heterocycles. The highest BCUT2D eigenvalue weighted by Gasteiger charge is 2.29. The van der Waals surface area contributed by atoms with Gasteiger partial charge in [0.15, 0.2) is 12.4 Å². The molecule has 156 valence electrons. The maximum atomic E-state index is 12.8. The SMILES string of the molecule is CCc1nc(CN2C(=O)COc3ccc(S(=O)(=O)Nc4cccc(Cl)c4)cc32)no1. The fourth-order valence-corrected chi connectivity index (χ4v) is 4.19. The molecule has 3 aromatic rings. The standard InChI is InChI=1S/C19H17ClN4O5S/c1-2-18-21-17(22-29-18)10-24-15-9-14(6-7-16(15)28-11-19(24)25)30(26,27)23-13-5-3-4-12(20)8-13/h3-9,23H,2,10-11H2,1H3. The lowest BCUT2D eigenvalue weighted by molar-refractivity contribution is -0.121. The van der Waals surface area contributed by atoms with E-state index in [1.807, 2.05) is 6.92 Å². The van der Waals surface area contributed by atoms with Gasteiger partial charge >= 0.3 is 0 Å². The summed E-state index contributed by atoms with van der Waals surface area (Å²) < 4.78 is 38.7. The summed E-state index contributed by atoms with van der Waals surface area (Å²) in [5, 5.41) is 4.26. The van der Waals surface area contributed by atoms with Crippen molar-refractivity contribution in [1.82, 2.24) is 10.1 Å². The van der Waals surface area contributed by atoms with Crippen molar-refractivity contribution in [2.45, 2.75) is 24.8 Å². The van der Waals surface area contributed by atoms with E-state index in [1.54, 1.807) is 18.2 Å². The maximum absolute atomic E-state index is 12.8. The number of aromatic nitrogens is 2. The second-order valence-electron chi connectivity index (χ2n) is 6.47. The van der Waals surface area contributed by atoms with Crippen LogP contribution in [0, 0.1) is 0 Å². The van der Waals surface area contributed by atoms with Gasteiger partial charge in [-0.1, -0.05) is 29.7 Å². The van der Waals surface area contributed by atoms with Gasteiger partial charge < -0.3 is 9.26 Å². The minimum atomic E-state index is -3.93. The van der Waals surface area contributed by atoms with Gasteiger partial charge in [-0.3, -0.25) is 14.4 Å². The third-order valence-corrected chi connectivity index (χ3v) is 5.99. The molecule has 0 radical (unpaired) electrons. The third kappa shape index (κ3) is 4.10. The lowest BCUT2D eigenvalue weighted by atomic mass is 10.2. The van der Waals surface area contributed by atoms with Crippen LogP contribution in [0.1, 0.15) is 18.6 Å². The first-order valence-corrected chi connectivity index (χ1v) is 10.9. The summed E-state index contributed by atoms with van der Waals surface area (Å²) >= 11 is 5.92. The normalized spacial score (nSPS) is 13.7. The molecule has 30 heavy (non-hydrogen) atoms. The number of hydrogen-bond donors (Lipinski definition) is 1. The first-order valence-electron chi connectivity index (χ1n) is 9.03. The predicted molar refractivity (Wildman–Crippen MR) is 109 cm³/mol. The number of anilines is 2. The zero-order valence-corrected chi connectivity index (χ0v) is 17.4. The van der Waals surface area contributed by atoms with Crippen molar-refractivity contribution in [2.75, 3.05) is 16.2 Å². The summed E-state index contributed by atoms with van der Waals surface area (Å²) in [7, 11) is -3.93. The molecule has 0 spiro atoms. The van der Waals surface area contributed by atoms with Crippen LogP contribution < -0.4 is 14.4 Å². The number of ether oxygens (including phenoxy) is 1. The van der Waals surface area contributed by atoms with E-state index >= 15 is 0 Å². The molecule has 0 saturated heterocycles. The van der Waals surface area contributed by atoms with Crippen molar-refractivity contribution in [1.29, 1.82) is 0 Å². The Kier molecular flexibility index (Phi) is 5.35. The number of sulfonamides is 1. The van der Waals surface area contributed by atoms with Crippen LogP contribution in [0.25, 0.3) is 0 Å². The Morgan fingerprint density at radius 1 is 1.23 bits per heavy atom. The summed E-state index contributed by atoms with van der Waals surface area (Å²) in [6.45, 7) is 1.73. The zero-order valence-electron chi connectivity index (χ0n) is 15.8. The molecule has 0 unspecified atom stereocenters. The number of nitrogens with zero attached hydrogens (tertiary/aromatic N) is 3. The number of aryl methyl sites for hydroxylation is 1. The molecule has 2 aromatic carbocycles. The monoisotopic (exact) mass is 448 g/mol. The molecule has 9 nitrogen and oxygen atoms in total. The first kappa shape index (κ1) is 20.2. The van der Waals surface area contributed by atoms with E-state index in [9.17, 15) is 13.2 Å². The van der Waals surface area contributed by atoms with Gasteiger partial charge in [0, 0.05) is 11.4 Å². The van der Waals surface area contributed by atoms with Crippen molar-refractivity contribution in [2.24, 2.45) is 0 Å². The molecule has 4 rings (SSSR count). The fraction of sp³-hybridized carbons (Fsp3) is 0.211. The molecule has 1 aliphatic rings. The van der Waals surface area contributed by atoms with Crippen molar-refractivity contribution in [3.05, 3.63) is 59.2 Å². The topological polar surface area (TPSA) is 115 Å². The van der Waals surface area contributed by atoms with Crippen LogP contribution in [-0.2, 0) is 27.8 Å². The smallest absolute Gasteiger partial charge is 0.265 e. The van der Waals surface area contributed by atoms with Crippen molar-refractivity contribution in [3.63, 3.8) is 0 Å². The summed E-state index contributed by atoms with van der Waals surface area (Å²) in [5.74, 6) is 0.810. The molecule has 11 heteroatoms. The molecule has 0 saturated carbocycles. The quantitative estimate of drug-likeness (QED) is 0.616. The van der Waals surface area contributed by atoms with Gasteiger partial charge in [0.05, 0.1) is 22.8 Å². The van der Waals surface area contributed by atoms with Crippen molar-refractivity contribution >= 4 is 38.9 Å². The Hall–Kier alpha value is -3.11. The number of carbonyl (C=O) groups is 1. The molecule has 0 fully saturated rings. The highest BCUT2D eigenvalue weighted by molar-refractivity contribution is 7.92. The number of nitrogens with one attached hydrogen (secondary N) is 1. The van der Waals surface area contributed by atoms with Gasteiger partial charge in [0.25, 0.3) is 15.9 Å². The Labute approximate surface area is 177 Å². The van der Waals surface area contributed by atoms with Crippen LogP contribution in [0.3, 0.4) is 0 Å². The molecular weight excluding hydrogens is 432 g/mol. The number of hydrogen-bond acceptors (Lipinski definition) is 7. The van der Waals surface area contributed by atoms with E-state index in [2.05, 4.69) is 14.9 Å². The highest BCUT2D eigenvalue weighted by atomic mass is 35.5. The largest absolute Gasteiger partial charge is 0.482 e. The van der Waals surface area contributed by atoms with Crippen LogP contribution in [0.2, 0.25) is 5.02 Å². The summed E-state index contributed by atoms with van der Waals surface area (Å²) in [4.78, 5) is 18.0. The maximum Gasteiger partial charge on any atom is 0.265 e. The van der Waals surface area contributed by atoms with E-state index in [4.69, 9.17) is 20.9 Å². The Bertz CT molecular complexity index is 1210. The van der Waals surface area contributed by atoms with Gasteiger partial charge in [0.2, 0.25) is 5.89 Å². The second kappa shape index (κ2) is 7.96. The summed E-state index contributed by atoms with van der Waals surface area (Å²) in [6, 6.07) is 10.6. The number of fused-ring (bicyclic) bond motifs is 1. The highest BCUT2D eigenvalue weighted by Crippen LogP contribution is 2.35. The van der Waals surface area contributed by atoms with E-state index in [1.165, 1.54) is 29.2 Å². The number of benzene rings is 2. The van der Waals surface area contributed by atoms with Crippen LogP contribution in [0.15, 0.2) is 51.9 Å². The first-order chi connectivity index (χ1) is 14.4. The number of amides is 1. The van der Waals surface area contributed by atoms with Crippen molar-refractivity contribution in [3.8, 4) is 5.75 Å². The third-order valence-electron chi connectivity index (χ3n) is 4.37. The average Bonchev–Trinajstić information content (AvgIpc) is 3.17. The average molecular weight is 449 g/mol. The lowest BCUT2D eigenvalue weighted by Crippen LogP contribution is -2.38. The number of halogens is 1. The zero-order chi connectivity index (χ0) is 21.3. The number of carbonyl (C=O) groups excluding carboxylic acids is 1. The Balaban J connectivity index is 1.66. The molecule has 0 bridgehead atoms. The molecule has 1 amide bonds. The van der Waals surface area contributed by atoms with Crippen LogP contribution in [-0.4, -0.2) is 31.1 Å². The van der Waals surface area contributed by atoms with E-state index in [-0.39, 0.29) is 24.0 Å². The Morgan fingerprint density at radius 3 is 2.80 bits per heavy atom.